The van der Waals surface area contributed by atoms with Crippen LogP contribution in [0.2, 0.25) is 0 Å². The lowest BCUT2D eigenvalue weighted by Gasteiger charge is -2.17. The first-order chi connectivity index (χ1) is 9.11. The molecular weight excluding hydrogens is 242 g/mol. The Labute approximate surface area is 114 Å². The van der Waals surface area contributed by atoms with Gasteiger partial charge in [-0.2, -0.15) is 0 Å². The van der Waals surface area contributed by atoms with Gasteiger partial charge in [0.15, 0.2) is 5.76 Å². The Morgan fingerprint density at radius 3 is 2.79 bits per heavy atom. The predicted molar refractivity (Wildman–Crippen MR) is 73.1 cm³/mol. The molecule has 0 saturated heterocycles. The van der Waals surface area contributed by atoms with Gasteiger partial charge in [-0.05, 0) is 37.3 Å². The van der Waals surface area contributed by atoms with Gasteiger partial charge in [-0.1, -0.05) is 19.8 Å². The summed E-state index contributed by atoms with van der Waals surface area (Å²) in [6.07, 6.45) is 4.85. The molecule has 4 nitrogen and oxygen atoms in total. The molecule has 1 aromatic rings. The number of hydrogen-bond acceptors (Lipinski definition) is 3. The van der Waals surface area contributed by atoms with E-state index in [9.17, 15) is 9.90 Å². The van der Waals surface area contributed by atoms with Gasteiger partial charge in [-0.25, -0.2) is 0 Å². The fourth-order valence-corrected chi connectivity index (χ4v) is 2.78. The van der Waals surface area contributed by atoms with Crippen molar-refractivity contribution in [3.05, 3.63) is 23.2 Å². The van der Waals surface area contributed by atoms with Gasteiger partial charge in [0.05, 0.1) is 6.10 Å². The summed E-state index contributed by atoms with van der Waals surface area (Å²) < 4.78 is 5.49. The maximum absolute atomic E-state index is 11.9. The van der Waals surface area contributed by atoms with Gasteiger partial charge in [0.1, 0.15) is 5.76 Å². The molecule has 2 rings (SSSR count). The first kappa shape index (κ1) is 14.1. The van der Waals surface area contributed by atoms with Crippen molar-refractivity contribution in [2.45, 2.75) is 52.1 Å². The average molecular weight is 265 g/mol. The number of aliphatic hydroxyl groups excluding tert-OH is 1. The van der Waals surface area contributed by atoms with Crippen molar-refractivity contribution in [3.8, 4) is 0 Å². The number of rotatable bonds is 5. The zero-order chi connectivity index (χ0) is 13.8. The molecule has 1 aliphatic carbocycles. The Bertz CT molecular complexity index is 433. The van der Waals surface area contributed by atoms with Crippen LogP contribution in [-0.4, -0.2) is 23.7 Å². The molecule has 19 heavy (non-hydrogen) atoms. The Balaban J connectivity index is 1.86. The molecule has 1 unspecified atom stereocenters. The molecule has 106 valence electrons. The molecule has 1 saturated carbocycles. The van der Waals surface area contributed by atoms with Crippen LogP contribution in [0.3, 0.4) is 0 Å². The van der Waals surface area contributed by atoms with E-state index in [0.29, 0.717) is 18.2 Å². The van der Waals surface area contributed by atoms with Gasteiger partial charge in [0.25, 0.3) is 5.91 Å². The Kier molecular flexibility index (Phi) is 4.64. The Morgan fingerprint density at radius 1 is 1.53 bits per heavy atom. The molecule has 4 heteroatoms. The minimum atomic E-state index is -0.437. The third-order valence-electron chi connectivity index (χ3n) is 3.98. The van der Waals surface area contributed by atoms with Crippen molar-refractivity contribution in [2.24, 2.45) is 5.92 Å². The molecule has 1 heterocycles. The van der Waals surface area contributed by atoms with E-state index in [1.54, 1.807) is 6.07 Å². The standard InChI is InChI=1S/C15H23NO3/c1-3-13-10(2)8-14(19-13)15(18)16-9-12(17)11-6-4-5-7-11/h8,11-12,17H,3-7,9H2,1-2H3,(H,16,18). The van der Waals surface area contributed by atoms with Gasteiger partial charge in [-0.15, -0.1) is 0 Å². The number of aliphatic hydroxyl groups is 1. The van der Waals surface area contributed by atoms with Crippen molar-refractivity contribution in [1.29, 1.82) is 0 Å². The first-order valence-electron chi connectivity index (χ1n) is 7.17. The van der Waals surface area contributed by atoms with E-state index in [0.717, 1.165) is 30.6 Å². The molecule has 1 fully saturated rings. The van der Waals surface area contributed by atoms with E-state index in [1.165, 1.54) is 12.8 Å². The molecule has 0 radical (unpaired) electrons. The normalized spacial score (nSPS) is 17.6. The number of amides is 1. The number of furan rings is 1. The minimum Gasteiger partial charge on any atom is -0.456 e. The lowest BCUT2D eigenvalue weighted by Crippen LogP contribution is -2.35. The van der Waals surface area contributed by atoms with Crippen LogP contribution in [0.1, 0.15) is 54.5 Å². The monoisotopic (exact) mass is 265 g/mol. The summed E-state index contributed by atoms with van der Waals surface area (Å²) in [5, 5.41) is 12.8. The molecule has 0 aliphatic heterocycles. The average Bonchev–Trinajstić information content (AvgIpc) is 3.04. The van der Waals surface area contributed by atoms with Crippen LogP contribution in [0.4, 0.5) is 0 Å². The van der Waals surface area contributed by atoms with E-state index in [1.807, 2.05) is 13.8 Å². The summed E-state index contributed by atoms with van der Waals surface area (Å²) in [6, 6.07) is 1.76. The fraction of sp³-hybridized carbons (Fsp3) is 0.667. The molecular formula is C15H23NO3. The van der Waals surface area contributed by atoms with Crippen LogP contribution >= 0.6 is 0 Å². The Morgan fingerprint density at radius 2 is 2.21 bits per heavy atom. The zero-order valence-electron chi connectivity index (χ0n) is 11.7. The smallest absolute Gasteiger partial charge is 0.287 e. The van der Waals surface area contributed by atoms with Crippen molar-refractivity contribution in [1.82, 2.24) is 5.32 Å². The van der Waals surface area contributed by atoms with E-state index < -0.39 is 6.10 Å². The highest BCUT2D eigenvalue weighted by molar-refractivity contribution is 5.91. The van der Waals surface area contributed by atoms with E-state index in [4.69, 9.17) is 4.42 Å². The van der Waals surface area contributed by atoms with Crippen LogP contribution in [0.25, 0.3) is 0 Å². The molecule has 0 bridgehead atoms. The van der Waals surface area contributed by atoms with Crippen molar-refractivity contribution < 1.29 is 14.3 Å². The van der Waals surface area contributed by atoms with Crippen LogP contribution in [-0.2, 0) is 6.42 Å². The van der Waals surface area contributed by atoms with Gasteiger partial charge in [-0.3, -0.25) is 4.79 Å². The van der Waals surface area contributed by atoms with Gasteiger partial charge < -0.3 is 14.8 Å². The van der Waals surface area contributed by atoms with Gasteiger partial charge >= 0.3 is 0 Å². The molecule has 1 atom stereocenters. The van der Waals surface area contributed by atoms with Gasteiger partial charge in [0.2, 0.25) is 0 Å². The fourth-order valence-electron chi connectivity index (χ4n) is 2.78. The molecule has 0 aromatic carbocycles. The third-order valence-corrected chi connectivity index (χ3v) is 3.98. The molecule has 1 amide bonds. The second kappa shape index (κ2) is 6.24. The van der Waals surface area contributed by atoms with E-state index >= 15 is 0 Å². The summed E-state index contributed by atoms with van der Waals surface area (Å²) in [6.45, 7) is 4.24. The highest BCUT2D eigenvalue weighted by Gasteiger charge is 2.24. The maximum Gasteiger partial charge on any atom is 0.287 e. The van der Waals surface area contributed by atoms with E-state index in [2.05, 4.69) is 5.32 Å². The molecule has 2 N–H and O–H groups in total. The highest BCUT2D eigenvalue weighted by Crippen LogP contribution is 2.27. The summed E-state index contributed by atoms with van der Waals surface area (Å²) in [4.78, 5) is 11.9. The quantitative estimate of drug-likeness (QED) is 0.859. The summed E-state index contributed by atoms with van der Waals surface area (Å²) in [5.74, 6) is 1.29. The second-order valence-corrected chi connectivity index (χ2v) is 5.39. The summed E-state index contributed by atoms with van der Waals surface area (Å²) in [5.41, 5.74) is 1.00. The summed E-state index contributed by atoms with van der Waals surface area (Å²) >= 11 is 0. The van der Waals surface area contributed by atoms with Crippen LogP contribution in [0, 0.1) is 12.8 Å². The van der Waals surface area contributed by atoms with E-state index in [-0.39, 0.29) is 5.91 Å². The highest BCUT2D eigenvalue weighted by atomic mass is 16.4. The van der Waals surface area contributed by atoms with Crippen molar-refractivity contribution in [2.75, 3.05) is 6.54 Å². The lowest BCUT2D eigenvalue weighted by atomic mass is 10.0. The predicted octanol–water partition coefficient (Wildman–Crippen LogP) is 2.43. The zero-order valence-corrected chi connectivity index (χ0v) is 11.7. The molecule has 0 spiro atoms. The molecule has 1 aromatic heterocycles. The Hall–Kier alpha value is -1.29. The number of hydrogen-bond donors (Lipinski definition) is 2. The lowest BCUT2D eigenvalue weighted by molar-refractivity contribution is 0.0817. The summed E-state index contributed by atoms with van der Waals surface area (Å²) in [7, 11) is 0. The topological polar surface area (TPSA) is 62.5 Å². The van der Waals surface area contributed by atoms with Crippen molar-refractivity contribution >= 4 is 5.91 Å². The van der Waals surface area contributed by atoms with Crippen LogP contribution in [0.15, 0.2) is 10.5 Å². The van der Waals surface area contributed by atoms with Crippen LogP contribution < -0.4 is 5.32 Å². The maximum atomic E-state index is 11.9. The SMILES string of the molecule is CCc1oc(C(=O)NCC(O)C2CCCC2)cc1C. The number of nitrogens with one attached hydrogen (secondary N) is 1. The second-order valence-electron chi connectivity index (χ2n) is 5.39. The minimum absolute atomic E-state index is 0.236. The van der Waals surface area contributed by atoms with Crippen molar-refractivity contribution in [3.63, 3.8) is 0 Å². The van der Waals surface area contributed by atoms with Gasteiger partial charge in [0, 0.05) is 13.0 Å². The largest absolute Gasteiger partial charge is 0.456 e. The number of carbonyl (C=O) groups is 1. The first-order valence-corrected chi connectivity index (χ1v) is 7.17. The molecule has 1 aliphatic rings. The number of carbonyl (C=O) groups excluding carboxylic acids is 1. The van der Waals surface area contributed by atoms with Crippen LogP contribution in [0.5, 0.6) is 0 Å². The number of aryl methyl sites for hydroxylation is 2. The third kappa shape index (κ3) is 3.38.